The third-order valence-electron chi connectivity index (χ3n) is 3.17. The Morgan fingerprint density at radius 2 is 2.10 bits per heavy atom. The highest BCUT2D eigenvalue weighted by atomic mass is 16.5. The van der Waals surface area contributed by atoms with Gasteiger partial charge in [0.05, 0.1) is 7.11 Å². The smallest absolute Gasteiger partial charge is 0.320 e. The van der Waals surface area contributed by atoms with E-state index in [9.17, 15) is 9.90 Å². The number of methoxy groups -OCH3 is 1. The molecular formula is C16H25NO3. The van der Waals surface area contributed by atoms with Crippen molar-refractivity contribution < 1.29 is 14.6 Å². The fourth-order valence-electron chi connectivity index (χ4n) is 1.91. The molecule has 2 N–H and O–H groups in total. The van der Waals surface area contributed by atoms with Crippen LogP contribution in [0.25, 0.3) is 0 Å². The molecule has 0 aromatic heterocycles. The number of benzene rings is 1. The lowest BCUT2D eigenvalue weighted by atomic mass is 9.88. The van der Waals surface area contributed by atoms with Gasteiger partial charge in [0.15, 0.2) is 0 Å². The van der Waals surface area contributed by atoms with Gasteiger partial charge in [-0.15, -0.1) is 0 Å². The minimum atomic E-state index is -0.794. The summed E-state index contributed by atoms with van der Waals surface area (Å²) in [5.41, 5.74) is 1.16. The Morgan fingerprint density at radius 1 is 1.40 bits per heavy atom. The van der Waals surface area contributed by atoms with E-state index in [4.69, 9.17) is 4.74 Å². The van der Waals surface area contributed by atoms with Crippen molar-refractivity contribution in [2.24, 2.45) is 5.41 Å². The first kappa shape index (κ1) is 16.5. The van der Waals surface area contributed by atoms with E-state index in [2.05, 4.69) is 26.1 Å². The van der Waals surface area contributed by atoms with Gasteiger partial charge >= 0.3 is 5.97 Å². The number of nitrogens with one attached hydrogen (secondary N) is 1. The summed E-state index contributed by atoms with van der Waals surface area (Å²) in [6, 6.07) is 7.13. The normalized spacial score (nSPS) is 13.0. The molecule has 4 heteroatoms. The highest BCUT2D eigenvalue weighted by molar-refractivity contribution is 5.73. The van der Waals surface area contributed by atoms with Gasteiger partial charge in [-0.1, -0.05) is 32.9 Å². The summed E-state index contributed by atoms with van der Waals surface area (Å²) in [4.78, 5) is 11.3. The van der Waals surface area contributed by atoms with Crippen molar-refractivity contribution in [3.63, 3.8) is 0 Å². The van der Waals surface area contributed by atoms with Gasteiger partial charge < -0.3 is 15.2 Å². The van der Waals surface area contributed by atoms with E-state index in [0.717, 1.165) is 17.7 Å². The van der Waals surface area contributed by atoms with E-state index in [1.807, 2.05) is 24.3 Å². The van der Waals surface area contributed by atoms with Gasteiger partial charge in [0.25, 0.3) is 0 Å². The lowest BCUT2D eigenvalue weighted by Crippen LogP contribution is -2.37. The maximum atomic E-state index is 11.3. The molecule has 1 rings (SSSR count). The second kappa shape index (κ2) is 7.29. The molecule has 112 valence electrons. The van der Waals surface area contributed by atoms with Gasteiger partial charge in [-0.25, -0.2) is 0 Å². The van der Waals surface area contributed by atoms with E-state index >= 15 is 0 Å². The summed E-state index contributed by atoms with van der Waals surface area (Å²) in [6.45, 7) is 6.88. The van der Waals surface area contributed by atoms with Crippen LogP contribution in [0.1, 0.15) is 39.2 Å². The average molecular weight is 279 g/mol. The molecule has 0 bridgehead atoms. The van der Waals surface area contributed by atoms with Gasteiger partial charge in [-0.3, -0.25) is 4.79 Å². The number of ether oxygens (including phenoxy) is 1. The summed E-state index contributed by atoms with van der Waals surface area (Å²) in [7, 11) is 1.62. The molecule has 0 saturated carbocycles. The van der Waals surface area contributed by atoms with Crippen LogP contribution in [-0.2, 0) is 11.3 Å². The van der Waals surface area contributed by atoms with Crippen LogP contribution in [0.4, 0.5) is 0 Å². The molecule has 1 atom stereocenters. The molecule has 1 aromatic rings. The van der Waals surface area contributed by atoms with Crippen LogP contribution in [-0.4, -0.2) is 24.2 Å². The molecule has 0 radical (unpaired) electrons. The van der Waals surface area contributed by atoms with Gasteiger partial charge in [0, 0.05) is 6.54 Å². The molecule has 1 unspecified atom stereocenters. The molecular weight excluding hydrogens is 254 g/mol. The van der Waals surface area contributed by atoms with Crippen molar-refractivity contribution in [1.82, 2.24) is 5.32 Å². The van der Waals surface area contributed by atoms with Crippen LogP contribution in [0.2, 0.25) is 0 Å². The SMILES string of the molecule is COc1cccc(CNC(CCC(C)(C)C)C(=O)O)c1. The zero-order valence-corrected chi connectivity index (χ0v) is 12.8. The second-order valence-electron chi connectivity index (χ2n) is 6.22. The zero-order valence-electron chi connectivity index (χ0n) is 12.8. The molecule has 0 heterocycles. The van der Waals surface area contributed by atoms with Gasteiger partial charge in [-0.2, -0.15) is 0 Å². The number of hydrogen-bond donors (Lipinski definition) is 2. The molecule has 1 aromatic carbocycles. The predicted molar refractivity (Wildman–Crippen MR) is 79.9 cm³/mol. The Labute approximate surface area is 121 Å². The Balaban J connectivity index is 2.56. The Hall–Kier alpha value is -1.55. The van der Waals surface area contributed by atoms with Crippen LogP contribution in [0, 0.1) is 5.41 Å². The van der Waals surface area contributed by atoms with Crippen molar-refractivity contribution in [3.8, 4) is 5.75 Å². The van der Waals surface area contributed by atoms with Crippen LogP contribution in [0.5, 0.6) is 5.75 Å². The van der Waals surface area contributed by atoms with Crippen LogP contribution in [0.3, 0.4) is 0 Å². The minimum absolute atomic E-state index is 0.144. The van der Waals surface area contributed by atoms with E-state index in [0.29, 0.717) is 13.0 Å². The molecule has 4 nitrogen and oxygen atoms in total. The highest BCUT2D eigenvalue weighted by Crippen LogP contribution is 2.22. The fourth-order valence-corrected chi connectivity index (χ4v) is 1.91. The van der Waals surface area contributed by atoms with Gasteiger partial charge in [0.1, 0.15) is 11.8 Å². The molecule has 0 aliphatic carbocycles. The van der Waals surface area contributed by atoms with Crippen molar-refractivity contribution in [3.05, 3.63) is 29.8 Å². The molecule has 0 aliphatic rings. The Morgan fingerprint density at radius 3 is 2.65 bits per heavy atom. The van der Waals surface area contributed by atoms with E-state index < -0.39 is 12.0 Å². The predicted octanol–water partition coefficient (Wildman–Crippen LogP) is 3.06. The first-order chi connectivity index (χ1) is 9.31. The number of hydrogen-bond acceptors (Lipinski definition) is 3. The summed E-state index contributed by atoms with van der Waals surface area (Å²) in [5, 5.41) is 12.4. The third-order valence-corrected chi connectivity index (χ3v) is 3.17. The standard InChI is InChI=1S/C16H25NO3/c1-16(2,3)9-8-14(15(18)19)17-11-12-6-5-7-13(10-12)20-4/h5-7,10,14,17H,8-9,11H2,1-4H3,(H,18,19). The zero-order chi connectivity index (χ0) is 15.2. The van der Waals surface area contributed by atoms with Crippen LogP contribution < -0.4 is 10.1 Å². The van der Waals surface area contributed by atoms with Crippen molar-refractivity contribution in [2.45, 2.75) is 46.2 Å². The van der Waals surface area contributed by atoms with Gasteiger partial charge in [0.2, 0.25) is 0 Å². The van der Waals surface area contributed by atoms with Crippen LogP contribution >= 0.6 is 0 Å². The lowest BCUT2D eigenvalue weighted by Gasteiger charge is -2.21. The minimum Gasteiger partial charge on any atom is -0.497 e. The number of carboxylic acid groups (broad SMARTS) is 1. The lowest BCUT2D eigenvalue weighted by molar-refractivity contribution is -0.139. The molecule has 0 spiro atoms. The van der Waals surface area contributed by atoms with E-state index in [1.54, 1.807) is 7.11 Å². The monoisotopic (exact) mass is 279 g/mol. The molecule has 0 aliphatic heterocycles. The quantitative estimate of drug-likeness (QED) is 0.805. The Bertz CT molecular complexity index is 438. The number of rotatable bonds is 7. The summed E-state index contributed by atoms with van der Waals surface area (Å²) in [5.74, 6) is -0.0111. The largest absolute Gasteiger partial charge is 0.497 e. The average Bonchev–Trinajstić information content (AvgIpc) is 2.37. The maximum Gasteiger partial charge on any atom is 0.320 e. The van der Waals surface area contributed by atoms with Crippen molar-refractivity contribution in [2.75, 3.05) is 7.11 Å². The summed E-state index contributed by atoms with van der Waals surface area (Å²) >= 11 is 0. The molecule has 0 amide bonds. The van der Waals surface area contributed by atoms with E-state index in [-0.39, 0.29) is 5.41 Å². The third kappa shape index (κ3) is 6.06. The number of carboxylic acids is 1. The van der Waals surface area contributed by atoms with E-state index in [1.165, 1.54) is 0 Å². The number of carbonyl (C=O) groups is 1. The highest BCUT2D eigenvalue weighted by Gasteiger charge is 2.20. The van der Waals surface area contributed by atoms with Crippen LogP contribution in [0.15, 0.2) is 24.3 Å². The molecule has 0 fully saturated rings. The Kier molecular flexibility index (Phi) is 6.02. The summed E-state index contributed by atoms with van der Waals surface area (Å²) < 4.78 is 5.16. The first-order valence-electron chi connectivity index (χ1n) is 6.91. The maximum absolute atomic E-state index is 11.3. The fraction of sp³-hybridized carbons (Fsp3) is 0.562. The first-order valence-corrected chi connectivity index (χ1v) is 6.91. The molecule has 20 heavy (non-hydrogen) atoms. The summed E-state index contributed by atoms with van der Waals surface area (Å²) in [6.07, 6.45) is 1.50. The number of aliphatic carboxylic acids is 1. The van der Waals surface area contributed by atoms with Crippen molar-refractivity contribution in [1.29, 1.82) is 0 Å². The topological polar surface area (TPSA) is 58.6 Å². The second-order valence-corrected chi connectivity index (χ2v) is 6.22. The van der Waals surface area contributed by atoms with Crippen molar-refractivity contribution >= 4 is 5.97 Å². The molecule has 0 saturated heterocycles. The van der Waals surface area contributed by atoms with Gasteiger partial charge in [-0.05, 0) is 36.0 Å².